The zero-order valence-corrected chi connectivity index (χ0v) is 16.0. The maximum absolute atomic E-state index is 5.54. The van der Waals surface area contributed by atoms with Crippen molar-refractivity contribution in [2.24, 2.45) is 0 Å². The van der Waals surface area contributed by atoms with E-state index in [9.17, 15) is 0 Å². The largest absolute Gasteiger partial charge is 0.493 e. The molecule has 0 aliphatic carbocycles. The molecule has 0 saturated heterocycles. The first kappa shape index (κ1) is 17.2. The molecule has 0 saturated carbocycles. The lowest BCUT2D eigenvalue weighted by Gasteiger charge is -2.15. The van der Waals surface area contributed by atoms with Crippen LogP contribution in [0.25, 0.3) is 32.4 Å². The molecule has 138 valence electrons. The van der Waals surface area contributed by atoms with Gasteiger partial charge in [0.2, 0.25) is 0 Å². The van der Waals surface area contributed by atoms with E-state index < -0.39 is 0 Å². The third kappa shape index (κ3) is 2.58. The molecule has 1 aromatic heterocycles. The van der Waals surface area contributed by atoms with Gasteiger partial charge in [-0.05, 0) is 59.0 Å². The molecule has 0 amide bonds. The predicted octanol–water partition coefficient (Wildman–Crippen LogP) is 4.88. The van der Waals surface area contributed by atoms with Crippen molar-refractivity contribution < 1.29 is 18.9 Å². The second kappa shape index (κ2) is 6.50. The molecule has 27 heavy (non-hydrogen) atoms. The summed E-state index contributed by atoms with van der Waals surface area (Å²) in [6, 6.07) is 10.1. The summed E-state index contributed by atoms with van der Waals surface area (Å²) in [5.41, 5.74) is 2.05. The summed E-state index contributed by atoms with van der Waals surface area (Å²) in [5, 5.41) is 5.25. The summed E-state index contributed by atoms with van der Waals surface area (Å²) >= 11 is 0. The Morgan fingerprint density at radius 3 is 1.74 bits per heavy atom. The van der Waals surface area contributed by atoms with E-state index >= 15 is 0 Å². The fourth-order valence-electron chi connectivity index (χ4n) is 3.65. The zero-order chi connectivity index (χ0) is 19.1. The number of benzene rings is 3. The smallest absolute Gasteiger partial charge is 0.161 e. The van der Waals surface area contributed by atoms with Crippen LogP contribution in [0.2, 0.25) is 0 Å². The van der Waals surface area contributed by atoms with E-state index in [2.05, 4.69) is 18.0 Å². The van der Waals surface area contributed by atoms with Crippen LogP contribution >= 0.6 is 0 Å². The molecule has 0 radical (unpaired) electrons. The van der Waals surface area contributed by atoms with Gasteiger partial charge in [-0.15, -0.1) is 0 Å². The Labute approximate surface area is 157 Å². The summed E-state index contributed by atoms with van der Waals surface area (Å²) in [4.78, 5) is 4.68. The lowest BCUT2D eigenvalue weighted by Crippen LogP contribution is -1.94. The standard InChI is InChI=1S/C22H21NO4/c1-12-6-17-22(16-10-21(27-5)19(25-3)8-14(12)16)15-9-20(26-4)18(24-2)7-13(15)11-23-17/h6-11H,1-5H3. The van der Waals surface area contributed by atoms with Crippen molar-refractivity contribution in [1.82, 2.24) is 4.98 Å². The molecule has 4 rings (SSSR count). The van der Waals surface area contributed by atoms with Crippen LogP contribution in [0.4, 0.5) is 0 Å². The Hall–Kier alpha value is -3.21. The number of aryl methyl sites for hydroxylation is 1. The van der Waals surface area contributed by atoms with Gasteiger partial charge in [-0.1, -0.05) is 0 Å². The molecular weight excluding hydrogens is 342 g/mol. The van der Waals surface area contributed by atoms with Gasteiger partial charge < -0.3 is 18.9 Å². The number of aromatic nitrogens is 1. The topological polar surface area (TPSA) is 49.8 Å². The maximum atomic E-state index is 5.54. The molecule has 3 aromatic carbocycles. The highest BCUT2D eigenvalue weighted by molar-refractivity contribution is 6.20. The summed E-state index contributed by atoms with van der Waals surface area (Å²) in [6.45, 7) is 2.08. The molecular formula is C22H21NO4. The monoisotopic (exact) mass is 363 g/mol. The lowest BCUT2D eigenvalue weighted by atomic mass is 9.96. The average molecular weight is 363 g/mol. The van der Waals surface area contributed by atoms with Crippen molar-refractivity contribution in [2.75, 3.05) is 28.4 Å². The molecule has 0 N–H and O–H groups in total. The fraction of sp³-hybridized carbons (Fsp3) is 0.227. The van der Waals surface area contributed by atoms with Crippen LogP contribution in [0.5, 0.6) is 23.0 Å². The molecule has 4 aromatic rings. The minimum atomic E-state index is 0.682. The van der Waals surface area contributed by atoms with E-state index in [0.717, 1.165) is 38.0 Å². The van der Waals surface area contributed by atoms with E-state index in [1.807, 2.05) is 30.5 Å². The Bertz CT molecular complexity index is 1180. The van der Waals surface area contributed by atoms with Gasteiger partial charge in [0.25, 0.3) is 0 Å². The van der Waals surface area contributed by atoms with Crippen LogP contribution in [0.3, 0.4) is 0 Å². The number of nitrogens with zero attached hydrogens (tertiary/aromatic N) is 1. The van der Waals surface area contributed by atoms with Crippen LogP contribution in [0.15, 0.2) is 36.5 Å². The first-order valence-corrected chi connectivity index (χ1v) is 8.61. The number of methoxy groups -OCH3 is 4. The first-order chi connectivity index (χ1) is 13.1. The molecule has 1 heterocycles. The van der Waals surface area contributed by atoms with Crippen molar-refractivity contribution >= 4 is 32.4 Å². The fourth-order valence-corrected chi connectivity index (χ4v) is 3.65. The first-order valence-electron chi connectivity index (χ1n) is 8.61. The minimum absolute atomic E-state index is 0.682. The van der Waals surface area contributed by atoms with Crippen LogP contribution < -0.4 is 18.9 Å². The lowest BCUT2D eigenvalue weighted by molar-refractivity contribution is 0.356. The quantitative estimate of drug-likeness (QED) is 0.484. The number of hydrogen-bond acceptors (Lipinski definition) is 5. The maximum Gasteiger partial charge on any atom is 0.161 e. The zero-order valence-electron chi connectivity index (χ0n) is 16.0. The van der Waals surface area contributed by atoms with Crippen molar-refractivity contribution in [1.29, 1.82) is 0 Å². The molecule has 0 aliphatic rings. The summed E-state index contributed by atoms with van der Waals surface area (Å²) < 4.78 is 22.0. The molecule has 0 atom stereocenters. The van der Waals surface area contributed by atoms with Crippen LogP contribution in [-0.4, -0.2) is 33.4 Å². The Morgan fingerprint density at radius 1 is 0.630 bits per heavy atom. The van der Waals surface area contributed by atoms with Gasteiger partial charge in [0.1, 0.15) is 0 Å². The molecule has 5 heteroatoms. The van der Waals surface area contributed by atoms with Gasteiger partial charge in [0.05, 0.1) is 34.0 Å². The Balaban J connectivity index is 2.22. The van der Waals surface area contributed by atoms with Crippen molar-refractivity contribution in [3.63, 3.8) is 0 Å². The second-order valence-corrected chi connectivity index (χ2v) is 6.39. The molecule has 0 spiro atoms. The summed E-state index contributed by atoms with van der Waals surface area (Å²) in [5.74, 6) is 2.77. The normalized spacial score (nSPS) is 11.1. The molecule has 0 unspecified atom stereocenters. The summed E-state index contributed by atoms with van der Waals surface area (Å²) in [7, 11) is 6.57. The number of ether oxygens (including phenoxy) is 4. The van der Waals surface area contributed by atoms with Gasteiger partial charge in [-0.2, -0.15) is 0 Å². The van der Waals surface area contributed by atoms with E-state index in [0.29, 0.717) is 23.0 Å². The Kier molecular flexibility index (Phi) is 4.15. The molecule has 5 nitrogen and oxygen atoms in total. The van der Waals surface area contributed by atoms with Crippen LogP contribution in [0, 0.1) is 6.92 Å². The van der Waals surface area contributed by atoms with Crippen molar-refractivity contribution in [3.05, 3.63) is 42.1 Å². The van der Waals surface area contributed by atoms with E-state index in [1.54, 1.807) is 28.4 Å². The average Bonchev–Trinajstić information content (AvgIpc) is 2.71. The third-order valence-corrected chi connectivity index (χ3v) is 5.00. The highest BCUT2D eigenvalue weighted by Gasteiger charge is 2.15. The van der Waals surface area contributed by atoms with Crippen molar-refractivity contribution in [2.45, 2.75) is 6.92 Å². The number of rotatable bonds is 4. The van der Waals surface area contributed by atoms with Crippen LogP contribution in [0.1, 0.15) is 5.56 Å². The SMILES string of the molecule is COc1cc2cnc3cc(C)c4cc(OC)c(OC)cc4c3c2cc1OC. The number of pyridine rings is 1. The predicted molar refractivity (Wildman–Crippen MR) is 108 cm³/mol. The molecule has 0 aliphatic heterocycles. The van der Waals surface area contributed by atoms with E-state index in [1.165, 1.54) is 0 Å². The number of hydrogen-bond donors (Lipinski definition) is 0. The van der Waals surface area contributed by atoms with Gasteiger partial charge >= 0.3 is 0 Å². The Morgan fingerprint density at radius 2 is 1.15 bits per heavy atom. The van der Waals surface area contributed by atoms with Gasteiger partial charge in [-0.3, -0.25) is 4.98 Å². The van der Waals surface area contributed by atoms with Crippen LogP contribution in [-0.2, 0) is 0 Å². The highest BCUT2D eigenvalue weighted by atomic mass is 16.5. The molecule has 0 bridgehead atoms. The van der Waals surface area contributed by atoms with Gasteiger partial charge in [0, 0.05) is 17.0 Å². The summed E-state index contributed by atoms with van der Waals surface area (Å²) in [6.07, 6.45) is 1.87. The third-order valence-electron chi connectivity index (χ3n) is 5.00. The highest BCUT2D eigenvalue weighted by Crippen LogP contribution is 2.41. The second-order valence-electron chi connectivity index (χ2n) is 6.39. The van der Waals surface area contributed by atoms with E-state index in [4.69, 9.17) is 18.9 Å². The van der Waals surface area contributed by atoms with Crippen molar-refractivity contribution in [3.8, 4) is 23.0 Å². The van der Waals surface area contributed by atoms with Gasteiger partial charge in [-0.25, -0.2) is 0 Å². The number of fused-ring (bicyclic) bond motifs is 5. The minimum Gasteiger partial charge on any atom is -0.493 e. The van der Waals surface area contributed by atoms with Gasteiger partial charge in [0.15, 0.2) is 23.0 Å². The molecule has 0 fully saturated rings. The van der Waals surface area contributed by atoms with E-state index in [-0.39, 0.29) is 0 Å².